The highest BCUT2D eigenvalue weighted by Crippen LogP contribution is 2.30. The topological polar surface area (TPSA) is 40.5 Å². The van der Waals surface area contributed by atoms with Crippen LogP contribution in [0, 0.1) is 5.92 Å². The number of nitrogens with zero attached hydrogens (tertiary/aromatic N) is 1. The number of likely N-dealkylation sites (tertiary alicyclic amines) is 1. The zero-order valence-corrected chi connectivity index (χ0v) is 10.5. The molecule has 1 N–H and O–H groups in total. The van der Waals surface area contributed by atoms with E-state index in [2.05, 4.69) is 12.1 Å². The third-order valence-corrected chi connectivity index (χ3v) is 4.27. The molecule has 0 saturated carbocycles. The molecule has 0 bridgehead atoms. The number of carbonyl (C=O) groups excluding carboxylic acids is 1. The molecule has 1 saturated heterocycles. The fourth-order valence-corrected chi connectivity index (χ4v) is 3.28. The normalized spacial score (nSPS) is 23.4. The number of hydrogen-bond acceptors (Lipinski definition) is 2. The van der Waals surface area contributed by atoms with Crippen LogP contribution in [-0.2, 0) is 17.6 Å². The van der Waals surface area contributed by atoms with Gasteiger partial charge in [0.25, 0.3) is 0 Å². The first kappa shape index (κ1) is 11.7. The van der Waals surface area contributed by atoms with E-state index >= 15 is 0 Å². The molecule has 2 aliphatic rings. The van der Waals surface area contributed by atoms with Crippen molar-refractivity contribution in [1.82, 2.24) is 4.90 Å². The van der Waals surface area contributed by atoms with Crippen molar-refractivity contribution in [1.29, 1.82) is 0 Å². The number of amides is 1. The number of hydrogen-bond donors (Lipinski definition) is 1. The molecule has 96 valence electrons. The standard InChI is InChI=1S/C15H19NO2/c17-10-14-6-3-7-16(14)15(18)13-8-11-4-1-2-5-12(11)9-13/h1-2,4-5,13-14,17H,3,6-10H2. The molecule has 18 heavy (non-hydrogen) atoms. The van der Waals surface area contributed by atoms with Crippen LogP contribution in [0.15, 0.2) is 24.3 Å². The Hall–Kier alpha value is -1.35. The minimum absolute atomic E-state index is 0.0567. The summed E-state index contributed by atoms with van der Waals surface area (Å²) in [5.74, 6) is 0.331. The molecule has 1 aromatic carbocycles. The maximum absolute atomic E-state index is 12.5. The molecule has 3 nitrogen and oxygen atoms in total. The van der Waals surface area contributed by atoms with Gasteiger partial charge in [-0.3, -0.25) is 4.79 Å². The predicted octanol–water partition coefficient (Wildman–Crippen LogP) is 1.38. The quantitative estimate of drug-likeness (QED) is 0.855. The van der Waals surface area contributed by atoms with Crippen molar-refractivity contribution in [2.75, 3.05) is 13.2 Å². The van der Waals surface area contributed by atoms with Gasteiger partial charge in [0.2, 0.25) is 5.91 Å². The second kappa shape index (κ2) is 4.73. The molecule has 3 heteroatoms. The number of benzene rings is 1. The lowest BCUT2D eigenvalue weighted by molar-refractivity contribution is -0.136. The van der Waals surface area contributed by atoms with Crippen molar-refractivity contribution in [2.24, 2.45) is 5.92 Å². The molecular formula is C15H19NO2. The molecule has 1 aliphatic heterocycles. The highest BCUT2D eigenvalue weighted by atomic mass is 16.3. The summed E-state index contributed by atoms with van der Waals surface area (Å²) in [5, 5.41) is 9.31. The first-order valence-corrected chi connectivity index (χ1v) is 6.77. The van der Waals surface area contributed by atoms with Crippen molar-refractivity contribution in [3.63, 3.8) is 0 Å². The van der Waals surface area contributed by atoms with Crippen molar-refractivity contribution in [3.05, 3.63) is 35.4 Å². The van der Waals surface area contributed by atoms with E-state index in [1.165, 1.54) is 11.1 Å². The summed E-state index contributed by atoms with van der Waals surface area (Å²) in [5.41, 5.74) is 2.63. The maximum atomic E-state index is 12.5. The molecule has 0 spiro atoms. The van der Waals surface area contributed by atoms with Gasteiger partial charge in [-0.2, -0.15) is 0 Å². The minimum Gasteiger partial charge on any atom is -0.394 e. The van der Waals surface area contributed by atoms with Gasteiger partial charge in [0, 0.05) is 12.5 Å². The van der Waals surface area contributed by atoms with E-state index in [1.807, 2.05) is 17.0 Å². The largest absolute Gasteiger partial charge is 0.394 e. The van der Waals surface area contributed by atoms with Crippen molar-refractivity contribution in [3.8, 4) is 0 Å². The molecule has 0 radical (unpaired) electrons. The molecular weight excluding hydrogens is 226 g/mol. The SMILES string of the molecule is O=C(C1Cc2ccccc2C1)N1CCCC1CO. The average molecular weight is 245 g/mol. The Kier molecular flexibility index (Phi) is 3.08. The third-order valence-electron chi connectivity index (χ3n) is 4.27. The average Bonchev–Trinajstić information content (AvgIpc) is 3.03. The van der Waals surface area contributed by atoms with E-state index in [1.54, 1.807) is 0 Å². The summed E-state index contributed by atoms with van der Waals surface area (Å²) in [6.07, 6.45) is 3.70. The first-order valence-electron chi connectivity index (χ1n) is 6.77. The van der Waals surface area contributed by atoms with Crippen LogP contribution >= 0.6 is 0 Å². The third kappa shape index (κ3) is 1.93. The summed E-state index contributed by atoms with van der Waals surface area (Å²) in [6.45, 7) is 0.919. The molecule has 0 aromatic heterocycles. The molecule has 3 rings (SSSR count). The van der Waals surface area contributed by atoms with Crippen LogP contribution in [0.4, 0.5) is 0 Å². The number of aliphatic hydroxyl groups excluding tert-OH is 1. The van der Waals surface area contributed by atoms with Gasteiger partial charge in [-0.15, -0.1) is 0 Å². The molecule has 1 heterocycles. The van der Waals surface area contributed by atoms with E-state index in [-0.39, 0.29) is 24.5 Å². The van der Waals surface area contributed by atoms with E-state index in [9.17, 15) is 9.90 Å². The van der Waals surface area contributed by atoms with Gasteiger partial charge in [0.05, 0.1) is 12.6 Å². The smallest absolute Gasteiger partial charge is 0.226 e. The fraction of sp³-hybridized carbons (Fsp3) is 0.533. The Bertz CT molecular complexity index is 433. The Labute approximate surface area is 107 Å². The lowest BCUT2D eigenvalue weighted by atomic mass is 10.0. The van der Waals surface area contributed by atoms with Gasteiger partial charge >= 0.3 is 0 Å². The number of aliphatic hydroxyl groups is 1. The van der Waals surface area contributed by atoms with Gasteiger partial charge in [-0.05, 0) is 36.8 Å². The second-order valence-corrected chi connectivity index (χ2v) is 5.38. The zero-order chi connectivity index (χ0) is 12.5. The number of rotatable bonds is 2. The van der Waals surface area contributed by atoms with E-state index in [0.29, 0.717) is 0 Å². The van der Waals surface area contributed by atoms with Crippen molar-refractivity contribution in [2.45, 2.75) is 31.7 Å². The molecule has 1 atom stereocenters. The summed E-state index contributed by atoms with van der Waals surface area (Å²) in [4.78, 5) is 14.4. The van der Waals surface area contributed by atoms with Crippen molar-refractivity contribution >= 4 is 5.91 Å². The number of fused-ring (bicyclic) bond motifs is 1. The lowest BCUT2D eigenvalue weighted by Crippen LogP contribution is -2.41. The monoisotopic (exact) mass is 245 g/mol. The highest BCUT2D eigenvalue weighted by molar-refractivity contribution is 5.81. The lowest BCUT2D eigenvalue weighted by Gasteiger charge is -2.26. The molecule has 1 amide bonds. The Morgan fingerprint density at radius 2 is 1.94 bits per heavy atom. The molecule has 1 aromatic rings. The van der Waals surface area contributed by atoms with E-state index in [4.69, 9.17) is 0 Å². The molecule has 1 unspecified atom stereocenters. The Morgan fingerprint density at radius 3 is 2.56 bits per heavy atom. The molecule has 1 aliphatic carbocycles. The summed E-state index contributed by atoms with van der Waals surface area (Å²) < 4.78 is 0. The first-order chi connectivity index (χ1) is 8.79. The van der Waals surface area contributed by atoms with Crippen molar-refractivity contribution < 1.29 is 9.90 Å². The van der Waals surface area contributed by atoms with Crippen LogP contribution in [0.2, 0.25) is 0 Å². The van der Waals surface area contributed by atoms with Gasteiger partial charge in [0.1, 0.15) is 0 Å². The maximum Gasteiger partial charge on any atom is 0.226 e. The van der Waals surface area contributed by atoms with Crippen LogP contribution in [-0.4, -0.2) is 35.1 Å². The van der Waals surface area contributed by atoms with Crippen LogP contribution in [0.3, 0.4) is 0 Å². The van der Waals surface area contributed by atoms with Crippen LogP contribution < -0.4 is 0 Å². The summed E-state index contributed by atoms with van der Waals surface area (Å²) in [6, 6.07) is 8.38. The zero-order valence-electron chi connectivity index (χ0n) is 10.5. The van der Waals surface area contributed by atoms with Gasteiger partial charge in [-0.25, -0.2) is 0 Å². The second-order valence-electron chi connectivity index (χ2n) is 5.38. The number of carbonyl (C=O) groups is 1. The molecule has 1 fully saturated rings. The highest BCUT2D eigenvalue weighted by Gasteiger charge is 2.35. The van der Waals surface area contributed by atoms with Gasteiger partial charge in [-0.1, -0.05) is 24.3 Å². The van der Waals surface area contributed by atoms with Gasteiger partial charge in [0.15, 0.2) is 0 Å². The summed E-state index contributed by atoms with van der Waals surface area (Å²) >= 11 is 0. The van der Waals surface area contributed by atoms with E-state index in [0.717, 1.165) is 32.2 Å². The fourth-order valence-electron chi connectivity index (χ4n) is 3.28. The Balaban J connectivity index is 1.72. The van der Waals surface area contributed by atoms with Crippen LogP contribution in [0.5, 0.6) is 0 Å². The van der Waals surface area contributed by atoms with E-state index < -0.39 is 0 Å². The Morgan fingerprint density at radius 1 is 1.28 bits per heavy atom. The van der Waals surface area contributed by atoms with Crippen LogP contribution in [0.25, 0.3) is 0 Å². The predicted molar refractivity (Wildman–Crippen MR) is 69.2 cm³/mol. The summed E-state index contributed by atoms with van der Waals surface area (Å²) in [7, 11) is 0. The minimum atomic E-state index is 0.0567. The van der Waals surface area contributed by atoms with Crippen LogP contribution in [0.1, 0.15) is 24.0 Å². The van der Waals surface area contributed by atoms with Gasteiger partial charge < -0.3 is 10.0 Å².